The molecule has 0 aromatic heterocycles. The van der Waals surface area contributed by atoms with Gasteiger partial charge in [-0.25, -0.2) is 9.18 Å². The summed E-state index contributed by atoms with van der Waals surface area (Å²) in [5.74, 6) is 0.0882. The Kier molecular flexibility index (Phi) is 7.47. The molecule has 2 rings (SSSR count). The molecule has 4 nitrogen and oxygen atoms in total. The average Bonchev–Trinajstić information content (AvgIpc) is 2.61. The predicted molar refractivity (Wildman–Crippen MR) is 97.3 cm³/mol. The highest BCUT2D eigenvalue weighted by Crippen LogP contribution is 2.14. The summed E-state index contributed by atoms with van der Waals surface area (Å²) in [6, 6.07) is 13.2. The smallest absolute Gasteiger partial charge is 0.335 e. The number of hydrogen-bond donors (Lipinski definition) is 2. The molecule has 0 saturated heterocycles. The van der Waals surface area contributed by atoms with Gasteiger partial charge >= 0.3 is 5.97 Å². The van der Waals surface area contributed by atoms with Crippen LogP contribution in [0.1, 0.15) is 27.9 Å². The Balaban J connectivity index is 1.61. The number of carboxylic acids is 1. The number of benzene rings is 2. The van der Waals surface area contributed by atoms with Crippen LogP contribution in [0, 0.1) is 5.82 Å². The van der Waals surface area contributed by atoms with E-state index in [1.54, 1.807) is 36.0 Å². The Morgan fingerprint density at radius 3 is 2.48 bits per heavy atom. The summed E-state index contributed by atoms with van der Waals surface area (Å²) in [5.41, 5.74) is 1.83. The SMILES string of the molecule is O=C(CCc1ccc(C(=O)O)cc1)NCCSCc1ccccc1F. The van der Waals surface area contributed by atoms with Gasteiger partial charge in [0.25, 0.3) is 0 Å². The highest BCUT2D eigenvalue weighted by Gasteiger charge is 2.05. The highest BCUT2D eigenvalue weighted by molar-refractivity contribution is 7.98. The summed E-state index contributed by atoms with van der Waals surface area (Å²) >= 11 is 1.57. The number of amides is 1. The zero-order valence-electron chi connectivity index (χ0n) is 13.7. The topological polar surface area (TPSA) is 66.4 Å². The maximum atomic E-state index is 13.4. The van der Waals surface area contributed by atoms with Crippen LogP contribution < -0.4 is 5.32 Å². The Labute approximate surface area is 150 Å². The first-order valence-corrected chi connectivity index (χ1v) is 9.12. The van der Waals surface area contributed by atoms with E-state index in [1.807, 2.05) is 6.07 Å². The molecule has 132 valence electrons. The molecule has 0 fully saturated rings. The fourth-order valence-corrected chi connectivity index (χ4v) is 3.07. The highest BCUT2D eigenvalue weighted by atomic mass is 32.2. The molecule has 0 aliphatic carbocycles. The van der Waals surface area contributed by atoms with Crippen molar-refractivity contribution < 1.29 is 19.1 Å². The van der Waals surface area contributed by atoms with Gasteiger partial charge in [0.1, 0.15) is 5.82 Å². The van der Waals surface area contributed by atoms with Gasteiger partial charge in [0, 0.05) is 24.5 Å². The second-order valence-corrected chi connectivity index (χ2v) is 6.60. The largest absolute Gasteiger partial charge is 0.478 e. The van der Waals surface area contributed by atoms with E-state index in [0.29, 0.717) is 36.5 Å². The monoisotopic (exact) mass is 361 g/mol. The van der Waals surface area contributed by atoms with Crippen molar-refractivity contribution in [2.75, 3.05) is 12.3 Å². The van der Waals surface area contributed by atoms with Crippen LogP contribution in [0.15, 0.2) is 48.5 Å². The number of carboxylic acid groups (broad SMARTS) is 1. The van der Waals surface area contributed by atoms with Gasteiger partial charge in [-0.3, -0.25) is 4.79 Å². The number of carbonyl (C=O) groups excluding carboxylic acids is 1. The molecule has 0 saturated carbocycles. The van der Waals surface area contributed by atoms with E-state index in [2.05, 4.69) is 5.32 Å². The van der Waals surface area contributed by atoms with Crippen LogP contribution in [-0.2, 0) is 17.0 Å². The fourth-order valence-electron chi connectivity index (χ4n) is 2.22. The number of rotatable bonds is 9. The summed E-state index contributed by atoms with van der Waals surface area (Å²) in [6.45, 7) is 0.538. The standard InChI is InChI=1S/C19H20FNO3S/c20-17-4-2-1-3-16(17)13-25-12-11-21-18(22)10-7-14-5-8-15(9-6-14)19(23)24/h1-6,8-9H,7,10-13H2,(H,21,22)(H,23,24). The summed E-state index contributed by atoms with van der Waals surface area (Å²) in [6.07, 6.45) is 0.915. The fraction of sp³-hybridized carbons (Fsp3) is 0.263. The zero-order valence-corrected chi connectivity index (χ0v) is 14.5. The first kappa shape index (κ1) is 19.0. The third-order valence-electron chi connectivity index (χ3n) is 3.63. The number of halogens is 1. The van der Waals surface area contributed by atoms with Crippen LogP contribution in [0.4, 0.5) is 4.39 Å². The van der Waals surface area contributed by atoms with Crippen molar-refractivity contribution in [3.63, 3.8) is 0 Å². The number of aromatic carboxylic acids is 1. The van der Waals surface area contributed by atoms with Crippen LogP contribution in [0.3, 0.4) is 0 Å². The first-order chi connectivity index (χ1) is 12.1. The van der Waals surface area contributed by atoms with Crippen molar-refractivity contribution in [2.45, 2.75) is 18.6 Å². The van der Waals surface area contributed by atoms with Crippen LogP contribution in [0.25, 0.3) is 0 Å². The quantitative estimate of drug-likeness (QED) is 0.671. The molecule has 2 aromatic carbocycles. The van der Waals surface area contributed by atoms with Gasteiger partial charge in [0.15, 0.2) is 0 Å². The molecule has 0 bridgehead atoms. The van der Waals surface area contributed by atoms with Crippen molar-refractivity contribution in [1.82, 2.24) is 5.32 Å². The lowest BCUT2D eigenvalue weighted by Gasteiger charge is -2.06. The van der Waals surface area contributed by atoms with Crippen LogP contribution in [0.2, 0.25) is 0 Å². The molecular formula is C19H20FNO3S. The number of carbonyl (C=O) groups is 2. The third-order valence-corrected chi connectivity index (χ3v) is 4.63. The molecule has 0 aliphatic heterocycles. The minimum Gasteiger partial charge on any atom is -0.478 e. The summed E-state index contributed by atoms with van der Waals surface area (Å²) in [5, 5.41) is 11.7. The second kappa shape index (κ2) is 9.84. The Morgan fingerprint density at radius 1 is 1.08 bits per heavy atom. The van der Waals surface area contributed by atoms with Crippen LogP contribution >= 0.6 is 11.8 Å². The lowest BCUT2D eigenvalue weighted by molar-refractivity contribution is -0.120. The summed E-state index contributed by atoms with van der Waals surface area (Å²) in [7, 11) is 0. The number of aryl methyl sites for hydroxylation is 1. The van der Waals surface area contributed by atoms with Crippen LogP contribution in [0.5, 0.6) is 0 Å². The van der Waals surface area contributed by atoms with E-state index < -0.39 is 5.97 Å². The van der Waals surface area contributed by atoms with Gasteiger partial charge in [0.05, 0.1) is 5.56 Å². The normalized spacial score (nSPS) is 10.4. The molecule has 1 amide bonds. The number of nitrogens with one attached hydrogen (secondary N) is 1. The van der Waals surface area contributed by atoms with E-state index in [9.17, 15) is 14.0 Å². The molecule has 2 N–H and O–H groups in total. The lowest BCUT2D eigenvalue weighted by atomic mass is 10.1. The van der Waals surface area contributed by atoms with Crippen molar-refractivity contribution in [2.24, 2.45) is 0 Å². The molecule has 2 aromatic rings. The van der Waals surface area contributed by atoms with Crippen molar-refractivity contribution in [3.8, 4) is 0 Å². The maximum Gasteiger partial charge on any atom is 0.335 e. The number of thioether (sulfide) groups is 1. The minimum absolute atomic E-state index is 0.0474. The molecule has 0 heterocycles. The molecule has 0 atom stereocenters. The van der Waals surface area contributed by atoms with Crippen molar-refractivity contribution in [3.05, 3.63) is 71.0 Å². The Hall–Kier alpha value is -2.34. The predicted octanol–water partition coefficient (Wildman–Crippen LogP) is 3.51. The number of hydrogen-bond acceptors (Lipinski definition) is 3. The minimum atomic E-state index is -0.961. The van der Waals surface area contributed by atoms with E-state index in [1.165, 1.54) is 18.2 Å². The van der Waals surface area contributed by atoms with Gasteiger partial charge in [0.2, 0.25) is 5.91 Å². The van der Waals surface area contributed by atoms with E-state index in [-0.39, 0.29) is 17.3 Å². The Bertz CT molecular complexity index is 719. The summed E-state index contributed by atoms with van der Waals surface area (Å²) < 4.78 is 13.4. The van der Waals surface area contributed by atoms with Crippen LogP contribution in [-0.4, -0.2) is 29.3 Å². The molecular weight excluding hydrogens is 341 g/mol. The van der Waals surface area contributed by atoms with Gasteiger partial charge in [-0.05, 0) is 35.7 Å². The summed E-state index contributed by atoms with van der Waals surface area (Å²) in [4.78, 5) is 22.6. The first-order valence-electron chi connectivity index (χ1n) is 7.96. The van der Waals surface area contributed by atoms with Crippen molar-refractivity contribution in [1.29, 1.82) is 0 Å². The third kappa shape index (κ3) is 6.58. The van der Waals surface area contributed by atoms with Gasteiger partial charge in [-0.1, -0.05) is 30.3 Å². The molecule has 25 heavy (non-hydrogen) atoms. The molecule has 6 heteroatoms. The zero-order chi connectivity index (χ0) is 18.1. The second-order valence-electron chi connectivity index (χ2n) is 5.50. The molecule has 0 radical (unpaired) electrons. The molecule has 0 spiro atoms. The van der Waals surface area contributed by atoms with E-state index in [0.717, 1.165) is 5.56 Å². The maximum absolute atomic E-state index is 13.4. The molecule has 0 aliphatic rings. The Morgan fingerprint density at radius 2 is 1.80 bits per heavy atom. The van der Waals surface area contributed by atoms with Gasteiger partial charge in [-0.15, -0.1) is 0 Å². The van der Waals surface area contributed by atoms with E-state index >= 15 is 0 Å². The van der Waals surface area contributed by atoms with E-state index in [4.69, 9.17) is 5.11 Å². The molecule has 0 unspecified atom stereocenters. The lowest BCUT2D eigenvalue weighted by Crippen LogP contribution is -2.25. The van der Waals surface area contributed by atoms with Gasteiger partial charge < -0.3 is 10.4 Å². The van der Waals surface area contributed by atoms with Gasteiger partial charge in [-0.2, -0.15) is 11.8 Å². The van der Waals surface area contributed by atoms with Crippen molar-refractivity contribution >= 4 is 23.6 Å². The average molecular weight is 361 g/mol.